The Morgan fingerprint density at radius 3 is 3.00 bits per heavy atom. The third kappa shape index (κ3) is 1.17. The number of allylic oxidation sites excluding steroid dienone is 1. The van der Waals surface area contributed by atoms with Gasteiger partial charge in [0.15, 0.2) is 5.78 Å². The van der Waals surface area contributed by atoms with Crippen LogP contribution in [0.25, 0.3) is 0 Å². The number of hydrogen-bond donors (Lipinski definition) is 1. The van der Waals surface area contributed by atoms with Gasteiger partial charge in [0.05, 0.1) is 5.60 Å². The number of hydrogen-bond acceptors (Lipinski definition) is 2. The molecular weight excluding hydrogens is 176 g/mol. The Morgan fingerprint density at radius 2 is 2.29 bits per heavy atom. The molecule has 0 aromatic rings. The molecule has 1 fully saturated rings. The van der Waals surface area contributed by atoms with E-state index in [4.69, 9.17) is 0 Å². The number of carbonyl (C=O) groups excluding carboxylic acids is 1. The predicted octanol–water partition coefficient (Wildman–Crippen LogP) is 2.07. The Hall–Kier alpha value is -0.630. The van der Waals surface area contributed by atoms with Gasteiger partial charge >= 0.3 is 0 Å². The molecule has 3 atom stereocenters. The number of ketones is 1. The maximum absolute atomic E-state index is 11.4. The van der Waals surface area contributed by atoms with E-state index in [2.05, 4.69) is 6.92 Å². The number of fused-ring (bicyclic) bond motifs is 1. The minimum absolute atomic E-state index is 0.159. The fourth-order valence-corrected chi connectivity index (χ4v) is 3.07. The fraction of sp³-hybridized carbons (Fsp3) is 0.750. The van der Waals surface area contributed by atoms with Crippen LogP contribution in [0, 0.1) is 11.3 Å². The second-order valence-corrected chi connectivity index (χ2v) is 5.16. The highest BCUT2D eigenvalue weighted by Gasteiger charge is 2.53. The maximum Gasteiger partial charge on any atom is 0.156 e. The second kappa shape index (κ2) is 2.93. The molecule has 0 amide bonds. The highest BCUT2D eigenvalue weighted by Crippen LogP contribution is 2.52. The fourth-order valence-electron chi connectivity index (χ4n) is 3.07. The predicted molar refractivity (Wildman–Crippen MR) is 54.8 cm³/mol. The molecule has 3 unspecified atom stereocenters. The van der Waals surface area contributed by atoms with Gasteiger partial charge in [-0.25, -0.2) is 0 Å². The highest BCUT2D eigenvalue weighted by atomic mass is 16.3. The van der Waals surface area contributed by atoms with Crippen molar-refractivity contribution in [2.75, 3.05) is 0 Å². The van der Waals surface area contributed by atoms with E-state index in [-0.39, 0.29) is 17.1 Å². The third-order valence-corrected chi connectivity index (χ3v) is 4.17. The molecule has 78 valence electrons. The number of rotatable bonds is 0. The standard InChI is InChI=1S/C12H18O2/c1-9-4-3-6-11(2)8-10(13)5-7-12(9,11)14/h5,7,9,14H,3-4,6,8H2,1-2H3. The molecule has 0 heterocycles. The van der Waals surface area contributed by atoms with Gasteiger partial charge in [-0.05, 0) is 30.9 Å². The molecule has 2 aliphatic rings. The molecule has 0 aromatic heterocycles. The van der Waals surface area contributed by atoms with E-state index >= 15 is 0 Å². The van der Waals surface area contributed by atoms with E-state index in [9.17, 15) is 9.90 Å². The lowest BCUT2D eigenvalue weighted by Gasteiger charge is -2.52. The first kappa shape index (κ1) is 9.91. The summed E-state index contributed by atoms with van der Waals surface area (Å²) in [6.45, 7) is 4.13. The van der Waals surface area contributed by atoms with Gasteiger partial charge in [-0.1, -0.05) is 20.3 Å². The van der Waals surface area contributed by atoms with Crippen LogP contribution in [-0.2, 0) is 4.79 Å². The molecule has 0 aliphatic heterocycles. The van der Waals surface area contributed by atoms with Crippen LogP contribution in [0.3, 0.4) is 0 Å². The molecule has 0 aromatic carbocycles. The van der Waals surface area contributed by atoms with Crippen LogP contribution in [0.1, 0.15) is 39.5 Å². The van der Waals surface area contributed by atoms with Crippen molar-refractivity contribution in [3.8, 4) is 0 Å². The Morgan fingerprint density at radius 1 is 1.57 bits per heavy atom. The van der Waals surface area contributed by atoms with Gasteiger partial charge < -0.3 is 5.11 Å². The van der Waals surface area contributed by atoms with Gasteiger partial charge in [0, 0.05) is 11.8 Å². The summed E-state index contributed by atoms with van der Waals surface area (Å²) in [5.74, 6) is 0.428. The Labute approximate surface area is 85.0 Å². The summed E-state index contributed by atoms with van der Waals surface area (Å²) < 4.78 is 0. The van der Waals surface area contributed by atoms with Gasteiger partial charge in [0.2, 0.25) is 0 Å². The summed E-state index contributed by atoms with van der Waals surface area (Å²) in [5.41, 5.74) is -0.977. The lowest BCUT2D eigenvalue weighted by Crippen LogP contribution is -2.55. The lowest BCUT2D eigenvalue weighted by atomic mass is 9.56. The van der Waals surface area contributed by atoms with E-state index in [1.807, 2.05) is 6.92 Å². The second-order valence-electron chi connectivity index (χ2n) is 5.16. The molecule has 0 spiro atoms. The van der Waals surface area contributed by atoms with E-state index in [1.54, 1.807) is 12.2 Å². The van der Waals surface area contributed by atoms with Crippen LogP contribution in [0.2, 0.25) is 0 Å². The average Bonchev–Trinajstić information content (AvgIpc) is 2.10. The zero-order valence-electron chi connectivity index (χ0n) is 8.92. The molecule has 2 heteroatoms. The van der Waals surface area contributed by atoms with Gasteiger partial charge in [0.25, 0.3) is 0 Å². The largest absolute Gasteiger partial charge is 0.385 e. The summed E-state index contributed by atoms with van der Waals surface area (Å²) in [5, 5.41) is 10.6. The molecule has 14 heavy (non-hydrogen) atoms. The van der Waals surface area contributed by atoms with Crippen molar-refractivity contribution < 1.29 is 9.90 Å². The van der Waals surface area contributed by atoms with Crippen LogP contribution in [0.15, 0.2) is 12.2 Å². The minimum Gasteiger partial charge on any atom is -0.385 e. The summed E-state index contributed by atoms with van der Waals surface area (Å²) in [7, 11) is 0. The van der Waals surface area contributed by atoms with Gasteiger partial charge in [0.1, 0.15) is 0 Å². The average molecular weight is 194 g/mol. The molecule has 0 radical (unpaired) electrons. The van der Waals surface area contributed by atoms with Crippen LogP contribution in [0.4, 0.5) is 0 Å². The number of aliphatic hydroxyl groups is 1. The first-order chi connectivity index (χ1) is 6.48. The smallest absolute Gasteiger partial charge is 0.156 e. The van der Waals surface area contributed by atoms with Crippen molar-refractivity contribution >= 4 is 5.78 Å². The lowest BCUT2D eigenvalue weighted by molar-refractivity contribution is -0.137. The van der Waals surface area contributed by atoms with Gasteiger partial charge in [-0.15, -0.1) is 0 Å². The quantitative estimate of drug-likeness (QED) is 0.641. The van der Waals surface area contributed by atoms with E-state index in [0.29, 0.717) is 6.42 Å². The first-order valence-corrected chi connectivity index (χ1v) is 5.42. The molecule has 0 saturated heterocycles. The highest BCUT2D eigenvalue weighted by molar-refractivity contribution is 5.91. The molecule has 2 rings (SSSR count). The van der Waals surface area contributed by atoms with Crippen LogP contribution in [0.5, 0.6) is 0 Å². The summed E-state index contributed by atoms with van der Waals surface area (Å²) >= 11 is 0. The maximum atomic E-state index is 11.4. The van der Waals surface area contributed by atoms with Crippen molar-refractivity contribution in [2.45, 2.75) is 45.1 Å². The van der Waals surface area contributed by atoms with E-state index < -0.39 is 5.60 Å². The van der Waals surface area contributed by atoms with Crippen molar-refractivity contribution in [2.24, 2.45) is 11.3 Å². The SMILES string of the molecule is CC1CCCC2(C)CC(=O)C=CC12O. The summed E-state index contributed by atoms with van der Waals surface area (Å²) in [6.07, 6.45) is 6.95. The molecule has 1 N–H and O–H groups in total. The molecular formula is C12H18O2. The van der Waals surface area contributed by atoms with Crippen molar-refractivity contribution in [3.63, 3.8) is 0 Å². The topological polar surface area (TPSA) is 37.3 Å². The van der Waals surface area contributed by atoms with Gasteiger partial charge in [-0.2, -0.15) is 0 Å². The Kier molecular flexibility index (Phi) is 2.07. The van der Waals surface area contributed by atoms with Crippen molar-refractivity contribution in [1.29, 1.82) is 0 Å². The summed E-state index contributed by atoms with van der Waals surface area (Å²) in [4.78, 5) is 11.4. The zero-order valence-corrected chi connectivity index (χ0v) is 8.92. The van der Waals surface area contributed by atoms with Crippen LogP contribution < -0.4 is 0 Å². The van der Waals surface area contributed by atoms with Crippen LogP contribution in [-0.4, -0.2) is 16.5 Å². The summed E-state index contributed by atoms with van der Waals surface area (Å²) in [6, 6.07) is 0. The minimum atomic E-state index is -0.751. The molecule has 1 saturated carbocycles. The zero-order chi connectivity index (χ0) is 10.4. The Balaban J connectivity index is 2.42. The van der Waals surface area contributed by atoms with Crippen molar-refractivity contribution in [1.82, 2.24) is 0 Å². The van der Waals surface area contributed by atoms with Crippen molar-refractivity contribution in [3.05, 3.63) is 12.2 Å². The third-order valence-electron chi connectivity index (χ3n) is 4.17. The van der Waals surface area contributed by atoms with E-state index in [1.165, 1.54) is 0 Å². The first-order valence-electron chi connectivity index (χ1n) is 5.42. The molecule has 2 nitrogen and oxygen atoms in total. The van der Waals surface area contributed by atoms with Crippen LogP contribution >= 0.6 is 0 Å². The normalized spacial score (nSPS) is 47.6. The number of carbonyl (C=O) groups is 1. The van der Waals surface area contributed by atoms with Gasteiger partial charge in [-0.3, -0.25) is 4.79 Å². The molecule has 0 bridgehead atoms. The Bertz CT molecular complexity index is 295. The van der Waals surface area contributed by atoms with E-state index in [0.717, 1.165) is 19.3 Å². The molecule has 2 aliphatic carbocycles. The monoisotopic (exact) mass is 194 g/mol.